The fraction of sp³-hybridized carbons (Fsp3) is 1.00. The summed E-state index contributed by atoms with van der Waals surface area (Å²) in [6.07, 6.45) is 0. The van der Waals surface area contributed by atoms with Crippen molar-refractivity contribution in [2.45, 2.75) is 13.1 Å². The maximum absolute atomic E-state index is 12.7. The van der Waals surface area contributed by atoms with Crippen LogP contribution >= 0.6 is 28.3 Å². The van der Waals surface area contributed by atoms with Gasteiger partial charge in [-0.1, -0.05) is 0 Å². The molecule has 0 saturated heterocycles. The molecule has 0 aliphatic rings. The minimum atomic E-state index is -3.16. The number of rotatable bonds is 2. The maximum Gasteiger partial charge on any atom is 0.253 e. The summed E-state index contributed by atoms with van der Waals surface area (Å²) in [5.41, 5.74) is 0. The Bertz CT molecular complexity index is 139. The lowest BCUT2D eigenvalue weighted by molar-refractivity contribution is 0.594. The van der Waals surface area contributed by atoms with Crippen LogP contribution in [-0.4, -0.2) is 14.2 Å². The van der Waals surface area contributed by atoms with Crippen LogP contribution in [0.1, 0.15) is 0 Å². The van der Waals surface area contributed by atoms with Gasteiger partial charge in [-0.15, -0.1) is 0 Å². The Morgan fingerprint density at radius 3 is 1.89 bits per heavy atom. The van der Waals surface area contributed by atoms with E-state index in [1.54, 1.807) is 0 Å². The highest BCUT2D eigenvalue weighted by molar-refractivity contribution is 8.09. The Balaban J connectivity index is 3.90. The molecule has 0 N–H and O–H groups in total. The largest absolute Gasteiger partial charge is 0.314 e. The minimum Gasteiger partial charge on any atom is -0.314 e. The third-order valence-electron chi connectivity index (χ3n) is 0.560. The van der Waals surface area contributed by atoms with Crippen molar-refractivity contribution in [2.75, 3.05) is 5.79 Å². The molecule has 0 radical (unpaired) electrons. The summed E-state index contributed by atoms with van der Waals surface area (Å²) in [6, 6.07) is 0. The quantitative estimate of drug-likeness (QED) is 0.387. The first-order chi connectivity index (χ1) is 3.71. The highest BCUT2D eigenvalue weighted by Gasteiger charge is 2.30. The molecule has 0 atom stereocenters. The molecule has 0 bridgehead atoms. The van der Waals surface area contributed by atoms with Gasteiger partial charge in [-0.2, -0.15) is 0 Å². The SMILES string of the molecule is C[Si](C)(F)CP(=O)(Cl)Cl. The molecule has 0 aromatic carbocycles. The average molecular weight is 209 g/mol. The Morgan fingerprint density at radius 2 is 1.89 bits per heavy atom. The van der Waals surface area contributed by atoms with Gasteiger partial charge in [0, 0.05) is 0 Å². The molecule has 6 heteroatoms. The smallest absolute Gasteiger partial charge is 0.253 e. The molecule has 0 aromatic heterocycles. The Labute approximate surface area is 64.7 Å². The van der Waals surface area contributed by atoms with Crippen LogP contribution in [0.2, 0.25) is 13.1 Å². The molecule has 9 heavy (non-hydrogen) atoms. The van der Waals surface area contributed by atoms with Crippen molar-refractivity contribution in [3.05, 3.63) is 0 Å². The van der Waals surface area contributed by atoms with E-state index < -0.39 is 14.3 Å². The lowest BCUT2D eigenvalue weighted by atomic mass is 11.8. The summed E-state index contributed by atoms with van der Waals surface area (Å²) in [5.74, 6) is -3.31. The van der Waals surface area contributed by atoms with Gasteiger partial charge in [0.15, 0.2) is 0 Å². The van der Waals surface area contributed by atoms with Gasteiger partial charge in [0.1, 0.15) is 0 Å². The first-order valence-corrected chi connectivity index (χ1v) is 9.17. The molecule has 0 aliphatic heterocycles. The van der Waals surface area contributed by atoms with Gasteiger partial charge >= 0.3 is 0 Å². The Morgan fingerprint density at radius 1 is 1.56 bits per heavy atom. The normalized spacial score (nSPS) is 13.9. The van der Waals surface area contributed by atoms with Gasteiger partial charge < -0.3 is 4.11 Å². The summed E-state index contributed by atoms with van der Waals surface area (Å²) in [5, 5.41) is 0. The van der Waals surface area contributed by atoms with Crippen LogP contribution in [0.25, 0.3) is 0 Å². The van der Waals surface area contributed by atoms with E-state index in [2.05, 4.69) is 0 Å². The van der Waals surface area contributed by atoms with E-state index in [1.807, 2.05) is 0 Å². The molecule has 0 saturated carbocycles. The van der Waals surface area contributed by atoms with E-state index >= 15 is 0 Å². The van der Waals surface area contributed by atoms with Gasteiger partial charge in [-0.05, 0) is 35.6 Å². The van der Waals surface area contributed by atoms with E-state index in [4.69, 9.17) is 22.5 Å². The molecule has 0 aromatic rings. The standard InChI is InChI=1S/C3H8Cl2FOPSi/c1-9(2,6)3-8(4,5)7/h3H2,1-2H3. The molecule has 0 spiro atoms. The van der Waals surface area contributed by atoms with Gasteiger partial charge in [0.2, 0.25) is 8.41 Å². The first kappa shape index (κ1) is 9.96. The van der Waals surface area contributed by atoms with Crippen molar-refractivity contribution in [3.63, 3.8) is 0 Å². The van der Waals surface area contributed by atoms with Crippen molar-refractivity contribution < 1.29 is 8.67 Å². The second-order valence-electron chi connectivity index (χ2n) is 2.45. The Hall–Kier alpha value is 0.957. The van der Waals surface area contributed by atoms with Crippen molar-refractivity contribution in [1.29, 1.82) is 0 Å². The monoisotopic (exact) mass is 208 g/mol. The van der Waals surface area contributed by atoms with Crippen LogP contribution < -0.4 is 0 Å². The average Bonchev–Trinajstić information content (AvgIpc) is 1.14. The van der Waals surface area contributed by atoms with E-state index in [1.165, 1.54) is 13.1 Å². The third-order valence-corrected chi connectivity index (χ3v) is 7.19. The molecule has 1 nitrogen and oxygen atoms in total. The lowest BCUT2D eigenvalue weighted by Gasteiger charge is -2.09. The predicted molar refractivity (Wildman–Crippen MR) is 42.8 cm³/mol. The fourth-order valence-corrected chi connectivity index (χ4v) is 9.06. The van der Waals surface area contributed by atoms with Gasteiger partial charge in [-0.3, -0.25) is 4.57 Å². The number of hydrogen-bond donors (Lipinski definition) is 0. The molecule has 0 fully saturated rings. The summed E-state index contributed by atoms with van der Waals surface area (Å²) in [6.45, 7) is 2.84. The van der Waals surface area contributed by atoms with Gasteiger partial charge in [0.25, 0.3) is 5.85 Å². The van der Waals surface area contributed by atoms with Crippen molar-refractivity contribution in [3.8, 4) is 0 Å². The molecule has 0 rings (SSSR count). The highest BCUT2D eigenvalue weighted by Crippen LogP contribution is 2.57. The number of hydrogen-bond acceptors (Lipinski definition) is 1. The molecule has 0 heterocycles. The predicted octanol–water partition coefficient (Wildman–Crippen LogP) is 3.37. The zero-order valence-corrected chi connectivity index (χ0v) is 8.60. The zero-order valence-electron chi connectivity index (χ0n) is 5.20. The van der Waals surface area contributed by atoms with Crippen molar-refractivity contribution >= 4 is 36.7 Å². The summed E-state index contributed by atoms with van der Waals surface area (Å²) < 4.78 is 23.2. The summed E-state index contributed by atoms with van der Waals surface area (Å²) in [7, 11) is -2.82. The van der Waals surface area contributed by atoms with Crippen LogP contribution in [0.3, 0.4) is 0 Å². The zero-order chi connectivity index (χ0) is 7.71. The molecular weight excluding hydrogens is 201 g/mol. The molecule has 0 unspecified atom stereocenters. The topological polar surface area (TPSA) is 17.1 Å². The van der Waals surface area contributed by atoms with E-state index in [0.29, 0.717) is 0 Å². The molecule has 0 amide bonds. The summed E-state index contributed by atoms with van der Waals surface area (Å²) >= 11 is 10.3. The van der Waals surface area contributed by atoms with Crippen molar-refractivity contribution in [1.82, 2.24) is 0 Å². The first-order valence-electron chi connectivity index (χ1n) is 2.38. The molecule has 56 valence electrons. The van der Waals surface area contributed by atoms with E-state index in [9.17, 15) is 8.67 Å². The van der Waals surface area contributed by atoms with Crippen LogP contribution in [0.15, 0.2) is 0 Å². The maximum atomic E-state index is 12.7. The fourth-order valence-electron chi connectivity index (χ4n) is 0.438. The number of halogens is 3. The van der Waals surface area contributed by atoms with Crippen LogP contribution in [0.4, 0.5) is 4.11 Å². The second kappa shape index (κ2) is 2.91. The van der Waals surface area contributed by atoms with Gasteiger partial charge in [0.05, 0.1) is 5.79 Å². The van der Waals surface area contributed by atoms with Crippen LogP contribution in [-0.2, 0) is 4.57 Å². The second-order valence-corrected chi connectivity index (χ2v) is 12.1. The molecular formula is C3H8Cl2FOPSi. The van der Waals surface area contributed by atoms with Crippen molar-refractivity contribution in [2.24, 2.45) is 0 Å². The van der Waals surface area contributed by atoms with Gasteiger partial charge in [-0.25, -0.2) is 0 Å². The third kappa shape index (κ3) is 8.96. The van der Waals surface area contributed by atoms with E-state index in [-0.39, 0.29) is 5.79 Å². The highest BCUT2D eigenvalue weighted by atomic mass is 35.9. The van der Waals surface area contributed by atoms with Crippen LogP contribution in [0.5, 0.6) is 0 Å². The minimum absolute atomic E-state index is 0.150. The molecule has 0 aliphatic carbocycles. The van der Waals surface area contributed by atoms with E-state index in [0.717, 1.165) is 0 Å². The van der Waals surface area contributed by atoms with Crippen LogP contribution in [0, 0.1) is 0 Å². The lowest BCUT2D eigenvalue weighted by Crippen LogP contribution is -2.22. The Kier molecular flexibility index (Phi) is 3.22. The summed E-state index contributed by atoms with van der Waals surface area (Å²) in [4.78, 5) is 0.